The van der Waals surface area contributed by atoms with Gasteiger partial charge in [-0.2, -0.15) is 0 Å². The lowest BCUT2D eigenvalue weighted by atomic mass is 10.0. The Morgan fingerprint density at radius 1 is 1.50 bits per heavy atom. The molecule has 0 saturated carbocycles. The van der Waals surface area contributed by atoms with Gasteiger partial charge in [-0.25, -0.2) is 0 Å². The van der Waals surface area contributed by atoms with Crippen LogP contribution in [0.2, 0.25) is 0 Å². The van der Waals surface area contributed by atoms with Gasteiger partial charge in [-0.05, 0) is 37.1 Å². The van der Waals surface area contributed by atoms with E-state index in [2.05, 4.69) is 11.4 Å². The number of nitrogens with zero attached hydrogens (tertiary/aromatic N) is 1. The van der Waals surface area contributed by atoms with E-state index in [1.165, 1.54) is 5.56 Å². The number of rotatable bonds is 4. The number of benzene rings is 1. The summed E-state index contributed by atoms with van der Waals surface area (Å²) in [6, 6.07) is 6.20. The van der Waals surface area contributed by atoms with Gasteiger partial charge in [0.1, 0.15) is 5.75 Å². The number of aryl methyl sites for hydroxylation is 1. The molecular weight excluding hydrogens is 228 g/mol. The fourth-order valence-electron chi connectivity index (χ4n) is 2.16. The molecule has 0 fully saturated rings. The smallest absolute Gasteiger partial charge is 0.236 e. The van der Waals surface area contributed by atoms with Gasteiger partial charge in [-0.1, -0.05) is 12.1 Å². The highest BCUT2D eigenvalue weighted by atomic mass is 16.5. The summed E-state index contributed by atoms with van der Waals surface area (Å²) in [6.45, 7) is 1.84. The Kier molecular flexibility index (Phi) is 4.20. The molecule has 98 valence electrons. The van der Waals surface area contributed by atoms with E-state index in [-0.39, 0.29) is 5.91 Å². The third-order valence-electron chi connectivity index (χ3n) is 3.15. The lowest BCUT2D eigenvalue weighted by molar-refractivity contribution is -0.129. The first-order valence-electron chi connectivity index (χ1n) is 6.34. The number of ether oxygens (including phenoxy) is 1. The largest absolute Gasteiger partial charge is 0.493 e. The fourth-order valence-corrected chi connectivity index (χ4v) is 2.16. The minimum Gasteiger partial charge on any atom is -0.493 e. The second-order valence-electron chi connectivity index (χ2n) is 4.67. The maximum Gasteiger partial charge on any atom is 0.236 e. The number of carbonyl (C=O) groups is 1. The maximum absolute atomic E-state index is 11.7. The van der Waals surface area contributed by atoms with Crippen molar-refractivity contribution in [2.24, 2.45) is 0 Å². The van der Waals surface area contributed by atoms with Crippen molar-refractivity contribution in [3.63, 3.8) is 0 Å². The Morgan fingerprint density at radius 3 is 3.11 bits per heavy atom. The SMILES string of the molecule is CNCC(=O)N(C)Cc1ccc2c(c1)CCCO2. The number of amides is 1. The molecule has 1 heterocycles. The lowest BCUT2D eigenvalue weighted by Crippen LogP contribution is -2.33. The van der Waals surface area contributed by atoms with Crippen molar-refractivity contribution in [1.29, 1.82) is 0 Å². The van der Waals surface area contributed by atoms with Crippen molar-refractivity contribution < 1.29 is 9.53 Å². The first kappa shape index (κ1) is 12.9. The molecule has 0 aromatic heterocycles. The van der Waals surface area contributed by atoms with Crippen LogP contribution in [0, 0.1) is 0 Å². The number of fused-ring (bicyclic) bond motifs is 1. The predicted octanol–water partition coefficient (Wildman–Crippen LogP) is 1.19. The molecule has 0 bridgehead atoms. The van der Waals surface area contributed by atoms with Gasteiger partial charge >= 0.3 is 0 Å². The second-order valence-corrected chi connectivity index (χ2v) is 4.67. The van der Waals surface area contributed by atoms with Crippen molar-refractivity contribution >= 4 is 5.91 Å². The number of hydrogen-bond donors (Lipinski definition) is 1. The van der Waals surface area contributed by atoms with E-state index >= 15 is 0 Å². The van der Waals surface area contributed by atoms with Gasteiger partial charge in [0.2, 0.25) is 5.91 Å². The number of hydrogen-bond acceptors (Lipinski definition) is 3. The van der Waals surface area contributed by atoms with Crippen molar-refractivity contribution in [2.75, 3.05) is 27.2 Å². The van der Waals surface area contributed by atoms with Crippen molar-refractivity contribution in [1.82, 2.24) is 10.2 Å². The third kappa shape index (κ3) is 3.01. The molecule has 2 rings (SSSR count). The molecule has 0 spiro atoms. The van der Waals surface area contributed by atoms with Crippen LogP contribution in [-0.2, 0) is 17.8 Å². The summed E-state index contributed by atoms with van der Waals surface area (Å²) in [7, 11) is 3.61. The summed E-state index contributed by atoms with van der Waals surface area (Å²) in [5.74, 6) is 1.10. The molecule has 4 heteroatoms. The maximum atomic E-state index is 11.7. The van der Waals surface area contributed by atoms with Gasteiger partial charge in [-0.15, -0.1) is 0 Å². The Labute approximate surface area is 108 Å². The number of nitrogens with one attached hydrogen (secondary N) is 1. The lowest BCUT2D eigenvalue weighted by Gasteiger charge is -2.20. The van der Waals surface area contributed by atoms with Gasteiger partial charge in [0.25, 0.3) is 0 Å². The Bertz CT molecular complexity index is 432. The van der Waals surface area contributed by atoms with Crippen LogP contribution in [-0.4, -0.2) is 38.1 Å². The molecule has 1 amide bonds. The van der Waals surface area contributed by atoms with Crippen LogP contribution >= 0.6 is 0 Å². The molecule has 0 atom stereocenters. The summed E-state index contributed by atoms with van der Waals surface area (Å²) >= 11 is 0. The Hall–Kier alpha value is -1.55. The van der Waals surface area contributed by atoms with Crippen LogP contribution in [0.3, 0.4) is 0 Å². The van der Waals surface area contributed by atoms with Gasteiger partial charge < -0.3 is 15.0 Å². The predicted molar refractivity (Wildman–Crippen MR) is 70.7 cm³/mol. The first-order valence-corrected chi connectivity index (χ1v) is 6.34. The number of likely N-dealkylation sites (N-methyl/N-ethyl adjacent to an activating group) is 2. The topological polar surface area (TPSA) is 41.6 Å². The highest BCUT2D eigenvalue weighted by Gasteiger charge is 2.12. The highest BCUT2D eigenvalue weighted by Crippen LogP contribution is 2.25. The molecule has 0 aliphatic carbocycles. The molecule has 0 radical (unpaired) electrons. The van der Waals surface area contributed by atoms with E-state index in [9.17, 15) is 4.79 Å². The van der Waals surface area contributed by atoms with E-state index in [1.54, 1.807) is 11.9 Å². The quantitative estimate of drug-likeness (QED) is 0.870. The van der Waals surface area contributed by atoms with Crippen molar-refractivity contribution in [2.45, 2.75) is 19.4 Å². The van der Waals surface area contributed by atoms with Crippen LogP contribution in [0.25, 0.3) is 0 Å². The summed E-state index contributed by atoms with van der Waals surface area (Å²) < 4.78 is 5.58. The molecule has 1 N–H and O–H groups in total. The average molecular weight is 248 g/mol. The monoisotopic (exact) mass is 248 g/mol. The highest BCUT2D eigenvalue weighted by molar-refractivity contribution is 5.77. The molecule has 0 saturated heterocycles. The van der Waals surface area contributed by atoms with Crippen LogP contribution < -0.4 is 10.1 Å². The zero-order valence-corrected chi connectivity index (χ0v) is 11.0. The molecule has 18 heavy (non-hydrogen) atoms. The molecule has 1 aliphatic rings. The van der Waals surface area contributed by atoms with Crippen LogP contribution in [0.1, 0.15) is 17.5 Å². The third-order valence-corrected chi connectivity index (χ3v) is 3.15. The van der Waals surface area contributed by atoms with Gasteiger partial charge in [0, 0.05) is 13.6 Å². The van der Waals surface area contributed by atoms with Crippen LogP contribution in [0.5, 0.6) is 5.75 Å². The first-order chi connectivity index (χ1) is 8.70. The average Bonchev–Trinajstić information content (AvgIpc) is 2.39. The zero-order valence-electron chi connectivity index (χ0n) is 11.0. The summed E-state index contributed by atoms with van der Waals surface area (Å²) in [4.78, 5) is 13.4. The summed E-state index contributed by atoms with van der Waals surface area (Å²) in [5.41, 5.74) is 2.42. The van der Waals surface area contributed by atoms with Crippen molar-refractivity contribution in [3.05, 3.63) is 29.3 Å². The van der Waals surface area contributed by atoms with Crippen LogP contribution in [0.15, 0.2) is 18.2 Å². The summed E-state index contributed by atoms with van der Waals surface area (Å²) in [5, 5.41) is 2.87. The molecule has 1 aromatic rings. The van der Waals surface area contributed by atoms with Crippen molar-refractivity contribution in [3.8, 4) is 5.75 Å². The van der Waals surface area contributed by atoms with E-state index in [0.29, 0.717) is 13.1 Å². The number of carbonyl (C=O) groups excluding carboxylic acids is 1. The second kappa shape index (κ2) is 5.87. The van der Waals surface area contributed by atoms with E-state index in [0.717, 1.165) is 30.8 Å². The standard InChI is InChI=1S/C14H20N2O2/c1-15-9-14(17)16(2)10-11-5-6-13-12(8-11)4-3-7-18-13/h5-6,8,15H,3-4,7,9-10H2,1-2H3. The van der Waals surface area contributed by atoms with Gasteiger partial charge in [0.05, 0.1) is 13.2 Å². The Balaban J connectivity index is 2.03. The molecule has 0 unspecified atom stereocenters. The minimum atomic E-state index is 0.103. The molecule has 1 aromatic carbocycles. The molecule has 4 nitrogen and oxygen atoms in total. The van der Waals surface area contributed by atoms with Gasteiger partial charge in [-0.3, -0.25) is 4.79 Å². The zero-order chi connectivity index (χ0) is 13.0. The molecular formula is C14H20N2O2. The Morgan fingerprint density at radius 2 is 2.33 bits per heavy atom. The van der Waals surface area contributed by atoms with Crippen LogP contribution in [0.4, 0.5) is 0 Å². The summed E-state index contributed by atoms with van der Waals surface area (Å²) in [6.07, 6.45) is 2.14. The normalized spacial score (nSPS) is 13.7. The van der Waals surface area contributed by atoms with E-state index in [4.69, 9.17) is 4.74 Å². The van der Waals surface area contributed by atoms with E-state index < -0.39 is 0 Å². The van der Waals surface area contributed by atoms with Gasteiger partial charge in [0.15, 0.2) is 0 Å². The van der Waals surface area contributed by atoms with E-state index in [1.807, 2.05) is 19.2 Å². The minimum absolute atomic E-state index is 0.103. The molecule has 1 aliphatic heterocycles. The fraction of sp³-hybridized carbons (Fsp3) is 0.500.